The van der Waals surface area contributed by atoms with Gasteiger partial charge in [-0.25, -0.2) is 4.79 Å². The molecule has 0 aliphatic heterocycles. The van der Waals surface area contributed by atoms with Gasteiger partial charge in [-0.3, -0.25) is 4.79 Å². The normalized spacial score (nSPS) is 10.7. The Labute approximate surface area is 150 Å². The van der Waals surface area contributed by atoms with E-state index in [1.54, 1.807) is 0 Å². The number of nitrogens with one attached hydrogen (secondary N) is 1. The van der Waals surface area contributed by atoms with Crippen LogP contribution in [0.25, 0.3) is 0 Å². The molecular formula is C17H10ClF3N2O3. The van der Waals surface area contributed by atoms with E-state index >= 15 is 0 Å². The number of alkyl halides is 3. The molecule has 134 valence electrons. The van der Waals surface area contributed by atoms with Gasteiger partial charge in [0.05, 0.1) is 21.7 Å². The van der Waals surface area contributed by atoms with Gasteiger partial charge in [0.1, 0.15) is 6.07 Å². The lowest BCUT2D eigenvalue weighted by Gasteiger charge is -2.12. The largest absolute Gasteiger partial charge is 0.452 e. The second-order valence-electron chi connectivity index (χ2n) is 4.97. The molecule has 0 saturated heterocycles. The first kappa shape index (κ1) is 19.3. The minimum Gasteiger partial charge on any atom is -0.452 e. The van der Waals surface area contributed by atoms with E-state index in [-0.39, 0.29) is 16.3 Å². The Morgan fingerprint density at radius 2 is 1.88 bits per heavy atom. The molecule has 0 unspecified atom stereocenters. The molecule has 0 atom stereocenters. The first-order chi connectivity index (χ1) is 12.2. The van der Waals surface area contributed by atoms with Gasteiger partial charge in [-0.15, -0.1) is 0 Å². The van der Waals surface area contributed by atoms with Crippen LogP contribution in [0.15, 0.2) is 42.5 Å². The molecule has 2 aromatic rings. The first-order valence-corrected chi connectivity index (χ1v) is 7.43. The summed E-state index contributed by atoms with van der Waals surface area (Å²) in [6.07, 6.45) is -4.73. The third-order valence-corrected chi connectivity index (χ3v) is 3.47. The summed E-state index contributed by atoms with van der Waals surface area (Å²) < 4.78 is 43.3. The van der Waals surface area contributed by atoms with Crippen molar-refractivity contribution in [1.82, 2.24) is 0 Å². The Balaban J connectivity index is 2.01. The Morgan fingerprint density at radius 1 is 1.19 bits per heavy atom. The highest BCUT2D eigenvalue weighted by Gasteiger charge is 2.35. The number of amides is 1. The molecule has 2 aromatic carbocycles. The molecule has 0 saturated carbocycles. The molecule has 0 aliphatic carbocycles. The molecule has 9 heteroatoms. The van der Waals surface area contributed by atoms with Gasteiger partial charge in [0, 0.05) is 5.69 Å². The molecule has 5 nitrogen and oxygen atoms in total. The van der Waals surface area contributed by atoms with Crippen LogP contribution in [0.1, 0.15) is 21.5 Å². The molecule has 0 heterocycles. The van der Waals surface area contributed by atoms with E-state index in [1.807, 2.05) is 6.07 Å². The van der Waals surface area contributed by atoms with Gasteiger partial charge >= 0.3 is 12.1 Å². The Kier molecular flexibility index (Phi) is 5.85. The highest BCUT2D eigenvalue weighted by atomic mass is 35.5. The Hall–Kier alpha value is -3.05. The fourth-order valence-electron chi connectivity index (χ4n) is 2.00. The van der Waals surface area contributed by atoms with E-state index in [0.717, 1.165) is 18.2 Å². The lowest BCUT2D eigenvalue weighted by atomic mass is 10.1. The second kappa shape index (κ2) is 7.89. The van der Waals surface area contributed by atoms with Crippen LogP contribution >= 0.6 is 11.6 Å². The quantitative estimate of drug-likeness (QED) is 0.810. The lowest BCUT2D eigenvalue weighted by molar-refractivity contribution is -0.138. The molecule has 26 heavy (non-hydrogen) atoms. The number of anilines is 1. The van der Waals surface area contributed by atoms with Crippen molar-refractivity contribution < 1.29 is 27.5 Å². The van der Waals surface area contributed by atoms with Crippen molar-refractivity contribution in [2.24, 2.45) is 0 Å². The fraction of sp³-hybridized carbons (Fsp3) is 0.118. The summed E-state index contributed by atoms with van der Waals surface area (Å²) >= 11 is 5.81. The standard InChI is InChI=1S/C17H10ClF3N2O3/c18-14-7-11(6-5-10(14)8-22)23-15(24)9-26-16(25)12-3-1-2-4-13(12)17(19,20)21/h1-7H,9H2,(H,23,24). The fourth-order valence-corrected chi connectivity index (χ4v) is 2.22. The van der Waals surface area contributed by atoms with Crippen LogP contribution in [-0.2, 0) is 15.7 Å². The zero-order chi connectivity index (χ0) is 19.3. The van der Waals surface area contributed by atoms with Crippen LogP contribution in [0.5, 0.6) is 0 Å². The topological polar surface area (TPSA) is 79.2 Å². The number of nitriles is 1. The zero-order valence-electron chi connectivity index (χ0n) is 12.9. The monoisotopic (exact) mass is 382 g/mol. The van der Waals surface area contributed by atoms with Crippen LogP contribution in [0.3, 0.4) is 0 Å². The maximum atomic E-state index is 12.9. The van der Waals surface area contributed by atoms with Crippen molar-refractivity contribution in [2.45, 2.75) is 6.18 Å². The maximum absolute atomic E-state index is 12.9. The number of benzene rings is 2. The number of nitrogens with zero attached hydrogens (tertiary/aromatic N) is 1. The third-order valence-electron chi connectivity index (χ3n) is 3.16. The van der Waals surface area contributed by atoms with Crippen molar-refractivity contribution in [3.8, 4) is 6.07 Å². The van der Waals surface area contributed by atoms with Gasteiger partial charge in [0.25, 0.3) is 5.91 Å². The molecule has 0 radical (unpaired) electrons. The maximum Gasteiger partial charge on any atom is 0.417 e. The average molecular weight is 383 g/mol. The van der Waals surface area contributed by atoms with Crippen molar-refractivity contribution in [3.05, 3.63) is 64.2 Å². The van der Waals surface area contributed by atoms with E-state index in [9.17, 15) is 22.8 Å². The number of hydrogen-bond donors (Lipinski definition) is 1. The molecule has 0 fully saturated rings. The predicted octanol–water partition coefficient (Wildman–Crippen LogP) is 4.03. The number of hydrogen-bond acceptors (Lipinski definition) is 4. The van der Waals surface area contributed by atoms with E-state index < -0.39 is 35.8 Å². The molecular weight excluding hydrogens is 373 g/mol. The number of ether oxygens (including phenoxy) is 1. The first-order valence-electron chi connectivity index (χ1n) is 7.05. The smallest absolute Gasteiger partial charge is 0.417 e. The van der Waals surface area contributed by atoms with Crippen molar-refractivity contribution in [3.63, 3.8) is 0 Å². The summed E-state index contributed by atoms with van der Waals surface area (Å²) in [6, 6.07) is 10.0. The molecule has 2 rings (SSSR count). The number of esters is 1. The minimum absolute atomic E-state index is 0.112. The molecule has 1 N–H and O–H groups in total. The third kappa shape index (κ3) is 4.74. The zero-order valence-corrected chi connectivity index (χ0v) is 13.7. The molecule has 0 spiro atoms. The molecule has 1 amide bonds. The van der Waals surface area contributed by atoms with Crippen LogP contribution < -0.4 is 5.32 Å². The van der Waals surface area contributed by atoms with E-state index in [1.165, 1.54) is 24.3 Å². The van der Waals surface area contributed by atoms with Gasteiger partial charge in [0.15, 0.2) is 6.61 Å². The molecule has 0 bridgehead atoms. The van der Waals surface area contributed by atoms with Crippen LogP contribution in [-0.4, -0.2) is 18.5 Å². The van der Waals surface area contributed by atoms with Crippen molar-refractivity contribution in [2.75, 3.05) is 11.9 Å². The minimum atomic E-state index is -4.73. The number of halogens is 4. The van der Waals surface area contributed by atoms with Gasteiger partial charge < -0.3 is 10.1 Å². The Morgan fingerprint density at radius 3 is 2.50 bits per heavy atom. The van der Waals surface area contributed by atoms with Gasteiger partial charge in [-0.1, -0.05) is 23.7 Å². The van der Waals surface area contributed by atoms with Crippen LogP contribution in [0, 0.1) is 11.3 Å². The van der Waals surface area contributed by atoms with Crippen molar-refractivity contribution in [1.29, 1.82) is 5.26 Å². The average Bonchev–Trinajstić information content (AvgIpc) is 2.59. The second-order valence-corrected chi connectivity index (χ2v) is 5.38. The molecule has 0 aromatic heterocycles. The number of rotatable bonds is 4. The summed E-state index contributed by atoms with van der Waals surface area (Å²) in [5, 5.41) is 11.2. The summed E-state index contributed by atoms with van der Waals surface area (Å²) in [5.41, 5.74) is -1.39. The van der Waals surface area contributed by atoms with Gasteiger partial charge in [-0.05, 0) is 30.3 Å². The molecule has 0 aliphatic rings. The summed E-state index contributed by atoms with van der Waals surface area (Å²) in [4.78, 5) is 23.6. The predicted molar refractivity (Wildman–Crippen MR) is 86.5 cm³/mol. The number of carbonyl (C=O) groups is 2. The highest BCUT2D eigenvalue weighted by Crippen LogP contribution is 2.32. The summed E-state index contributed by atoms with van der Waals surface area (Å²) in [5.74, 6) is -2.05. The summed E-state index contributed by atoms with van der Waals surface area (Å²) in [6.45, 7) is -0.789. The van der Waals surface area contributed by atoms with E-state index in [2.05, 4.69) is 10.1 Å². The van der Waals surface area contributed by atoms with Gasteiger partial charge in [0.2, 0.25) is 0 Å². The highest BCUT2D eigenvalue weighted by molar-refractivity contribution is 6.32. The van der Waals surface area contributed by atoms with E-state index in [0.29, 0.717) is 0 Å². The number of carbonyl (C=O) groups excluding carboxylic acids is 2. The van der Waals surface area contributed by atoms with Crippen LogP contribution in [0.2, 0.25) is 5.02 Å². The SMILES string of the molecule is N#Cc1ccc(NC(=O)COC(=O)c2ccccc2C(F)(F)F)cc1Cl. The van der Waals surface area contributed by atoms with E-state index in [4.69, 9.17) is 16.9 Å². The van der Waals surface area contributed by atoms with Crippen LogP contribution in [0.4, 0.5) is 18.9 Å². The Bertz CT molecular complexity index is 892. The summed E-state index contributed by atoms with van der Waals surface area (Å²) in [7, 11) is 0. The van der Waals surface area contributed by atoms with Gasteiger partial charge in [-0.2, -0.15) is 18.4 Å². The lowest BCUT2D eigenvalue weighted by Crippen LogP contribution is -2.22. The van der Waals surface area contributed by atoms with Crippen molar-refractivity contribution >= 4 is 29.2 Å².